The highest BCUT2D eigenvalue weighted by Crippen LogP contribution is 2.43. The molecule has 0 fully saturated rings. The van der Waals surface area contributed by atoms with Crippen molar-refractivity contribution >= 4 is 97.0 Å². The Morgan fingerprint density at radius 1 is 0.116 bits per heavy atom. The van der Waals surface area contributed by atoms with Crippen LogP contribution < -0.4 is 0 Å². The van der Waals surface area contributed by atoms with Gasteiger partial charge in [0.1, 0.15) is 15.0 Å². The summed E-state index contributed by atoms with van der Waals surface area (Å²) in [6.45, 7) is 0. The van der Waals surface area contributed by atoms with Crippen LogP contribution in [0, 0.1) is 0 Å². The second kappa shape index (κ2) is 40.2. The van der Waals surface area contributed by atoms with Gasteiger partial charge in [-0.1, -0.05) is 443 Å². The molecule has 27 rings (SSSR count). The van der Waals surface area contributed by atoms with Crippen molar-refractivity contribution < 1.29 is 0 Å². The maximum Gasteiger partial charge on any atom is 0.164 e. The van der Waals surface area contributed by atoms with Crippen molar-refractivity contribution in [1.82, 2.24) is 59.8 Å². The Labute approximate surface area is 860 Å². The van der Waals surface area contributed by atoms with Gasteiger partial charge in [-0.15, -0.1) is 34.0 Å². The molecule has 0 bridgehead atoms. The van der Waals surface area contributed by atoms with Crippen molar-refractivity contribution in [2.24, 2.45) is 0 Å². The zero-order valence-corrected chi connectivity index (χ0v) is 81.5. The quantitative estimate of drug-likeness (QED) is 0.0803. The number of benzene rings is 21. The normalized spacial score (nSPS) is 11.3. The van der Waals surface area contributed by atoms with E-state index in [0.29, 0.717) is 52.4 Å². The van der Waals surface area contributed by atoms with Crippen LogP contribution >= 0.6 is 34.0 Å². The van der Waals surface area contributed by atoms with Gasteiger partial charge in [0.2, 0.25) is 0 Å². The topological polar surface area (TPSA) is 155 Å². The Morgan fingerprint density at radius 2 is 0.340 bits per heavy atom. The number of hydrogen-bond acceptors (Lipinski definition) is 15. The minimum atomic E-state index is 0.641. The third kappa shape index (κ3) is 19.3. The van der Waals surface area contributed by atoms with E-state index in [1.54, 1.807) is 34.0 Å². The van der Waals surface area contributed by atoms with Gasteiger partial charge in [0, 0.05) is 72.3 Å². The lowest BCUT2D eigenvalue weighted by Crippen LogP contribution is -2.00. The van der Waals surface area contributed by atoms with Crippen LogP contribution in [-0.2, 0) is 0 Å². The molecule has 21 aromatic carbocycles. The van der Waals surface area contributed by atoms with Crippen molar-refractivity contribution in [3.05, 3.63) is 510 Å². The smallest absolute Gasteiger partial charge is 0.164 e. The van der Waals surface area contributed by atoms with E-state index in [-0.39, 0.29) is 0 Å². The van der Waals surface area contributed by atoms with Gasteiger partial charge < -0.3 is 0 Å². The third-order valence-electron chi connectivity index (χ3n) is 26.3. The van der Waals surface area contributed by atoms with Crippen LogP contribution in [0.25, 0.3) is 264 Å². The van der Waals surface area contributed by atoms with Crippen LogP contribution in [0.1, 0.15) is 0 Å². The molecule has 12 nitrogen and oxygen atoms in total. The summed E-state index contributed by atoms with van der Waals surface area (Å²) in [6, 6.07) is 176. The molecule has 147 heavy (non-hydrogen) atoms. The van der Waals surface area contributed by atoms with Crippen LogP contribution in [0.2, 0.25) is 0 Å². The van der Waals surface area contributed by atoms with Crippen LogP contribution in [0.4, 0.5) is 0 Å². The molecule has 0 amide bonds. The third-order valence-corrected chi connectivity index (χ3v) is 29.5. The average Bonchev–Trinajstić information content (AvgIpc) is 1.71. The number of aromatic nitrogens is 12. The predicted octanol–water partition coefficient (Wildman–Crippen LogP) is 34.9. The van der Waals surface area contributed by atoms with E-state index in [4.69, 9.17) is 59.8 Å². The van der Waals surface area contributed by atoms with Crippen molar-refractivity contribution in [3.8, 4) is 201 Å². The molecule has 0 saturated heterocycles. The summed E-state index contributed by atoms with van der Waals surface area (Å²) < 4.78 is 3.55. The first-order valence-electron chi connectivity index (χ1n) is 48.6. The molecule has 0 N–H and O–H groups in total. The van der Waals surface area contributed by atoms with Crippen molar-refractivity contribution in [2.45, 2.75) is 0 Å². The maximum absolute atomic E-state index is 5.08. The summed E-state index contributed by atoms with van der Waals surface area (Å²) >= 11 is 5.19. The zero-order valence-electron chi connectivity index (χ0n) is 79.1. The van der Waals surface area contributed by atoms with Crippen LogP contribution in [0.3, 0.4) is 0 Å². The van der Waals surface area contributed by atoms with E-state index in [1.807, 2.05) is 127 Å². The largest absolute Gasteiger partial charge is 0.236 e. The summed E-state index contributed by atoms with van der Waals surface area (Å²) in [5, 5.41) is 9.94. The zero-order chi connectivity index (χ0) is 97.7. The fraction of sp³-hybridized carbons (Fsp3) is 0. The SMILES string of the molecule is c1ccc(-c2ccc(-c3nc(-c4ccccc4)nc(-c4ccc5cc(-c6ccc7nc(-c8ccccc8)sc7c6)ccc5c4)n3)cc2)cc1.c1ccc(-c2ccc(-c3nc(-c4ccccc4)nc(-c4ccc5cc(-c6ccc7sc(-c8ccccc8)nc7c6)ccc5c4)n3)cc2)cc1.c1ccc(-c2ccc(-c3nc(-c4ccccc4)nc(-c4ccc5cc(-c6cccc7sc(-c8ccccc8)nc67)ccc5c4)n3)cc2)cc1. The Hall–Kier alpha value is -18.9. The number of rotatable bonds is 18. The average molecular weight is 1930 g/mol. The molecule has 0 atom stereocenters. The van der Waals surface area contributed by atoms with E-state index in [9.17, 15) is 0 Å². The Bertz CT molecular complexity index is 9120. The molecule has 0 aliphatic heterocycles. The monoisotopic (exact) mass is 1930 g/mol. The summed E-state index contributed by atoms with van der Waals surface area (Å²) in [5.74, 6) is 5.81. The lowest BCUT2D eigenvalue weighted by Gasteiger charge is -2.10. The molecule has 0 saturated carbocycles. The minimum absolute atomic E-state index is 0.641. The molecule has 0 aliphatic rings. The van der Waals surface area contributed by atoms with Gasteiger partial charge in [-0.25, -0.2) is 59.8 Å². The molecule has 15 heteroatoms. The first-order chi connectivity index (χ1) is 72.7. The number of para-hydroxylation sites is 1. The van der Waals surface area contributed by atoms with E-state index >= 15 is 0 Å². The molecule has 0 spiro atoms. The van der Waals surface area contributed by atoms with Crippen molar-refractivity contribution in [3.63, 3.8) is 0 Å². The molecular weight excluding hydrogens is 1850 g/mol. The van der Waals surface area contributed by atoms with Gasteiger partial charge in [0.25, 0.3) is 0 Å². The number of hydrogen-bond donors (Lipinski definition) is 0. The van der Waals surface area contributed by atoms with Gasteiger partial charge in [0.05, 0.1) is 30.6 Å². The molecule has 690 valence electrons. The Kier molecular flexibility index (Phi) is 24.5. The van der Waals surface area contributed by atoms with Crippen molar-refractivity contribution in [2.75, 3.05) is 0 Å². The highest BCUT2D eigenvalue weighted by Gasteiger charge is 2.22. The summed E-state index contributed by atoms with van der Waals surface area (Å²) in [5.41, 5.74) is 28.9. The van der Waals surface area contributed by atoms with Gasteiger partial charge >= 0.3 is 0 Å². The molecule has 0 aliphatic carbocycles. The van der Waals surface area contributed by atoms with Gasteiger partial charge in [-0.3, -0.25) is 0 Å². The second-order valence-electron chi connectivity index (χ2n) is 35.8. The Balaban J connectivity index is 0.000000115. The lowest BCUT2D eigenvalue weighted by molar-refractivity contribution is 1.07. The molecule has 6 heterocycles. The number of fused-ring (bicyclic) bond motifs is 6. The summed E-state index contributed by atoms with van der Waals surface area (Å²) in [7, 11) is 0. The molecule has 27 aromatic rings. The van der Waals surface area contributed by atoms with Gasteiger partial charge in [-0.2, -0.15) is 0 Å². The molecule has 0 radical (unpaired) electrons. The first kappa shape index (κ1) is 89.5. The van der Waals surface area contributed by atoms with Gasteiger partial charge in [0.15, 0.2) is 52.4 Å². The summed E-state index contributed by atoms with van der Waals surface area (Å²) in [6.07, 6.45) is 0. The van der Waals surface area contributed by atoms with Crippen molar-refractivity contribution in [1.29, 1.82) is 0 Å². The van der Waals surface area contributed by atoms with E-state index in [0.717, 1.165) is 170 Å². The first-order valence-corrected chi connectivity index (χ1v) is 51.1. The standard InChI is InChI=1S/3C44H28N4S/c1-4-11-29(12-5-1)30-19-21-32(22-20-30)42-46-41(31-13-6-2-7-14-31)47-43(48-42)37-26-24-34-27-36(25-23-35(34)28-37)38-17-10-18-39-40(38)45-44(49-39)33-15-8-3-9-16-33;1-4-10-29(11-5-1)30-16-18-32(19-17-30)42-46-41(31-12-6-2-7-13-31)47-43(48-42)38-23-22-34-26-35(20-21-36(34)27-38)37-24-25-40-39(28-37)45-44(49-40)33-14-8-3-9-15-33;1-4-10-29(11-5-1)30-16-18-32(19-17-30)42-46-41(31-12-6-2-7-13-31)47-43(48-42)38-23-22-34-26-35(20-21-36(34)27-38)37-24-25-39-40(28-37)49-44(45-39)33-14-8-3-9-15-33/h3*1-28H. The van der Waals surface area contributed by atoms with E-state index in [1.165, 1.54) is 41.9 Å². The lowest BCUT2D eigenvalue weighted by atomic mass is 9.99. The van der Waals surface area contributed by atoms with Crippen LogP contribution in [-0.4, -0.2) is 59.8 Å². The van der Waals surface area contributed by atoms with E-state index < -0.39 is 0 Å². The minimum Gasteiger partial charge on any atom is -0.236 e. The highest BCUT2D eigenvalue weighted by atomic mass is 32.1. The molecule has 0 unspecified atom stereocenters. The molecule has 6 aromatic heterocycles. The van der Waals surface area contributed by atoms with Crippen LogP contribution in [0.5, 0.6) is 0 Å². The number of thiazole rings is 3. The van der Waals surface area contributed by atoms with Crippen LogP contribution in [0.15, 0.2) is 510 Å². The fourth-order valence-electron chi connectivity index (χ4n) is 18.6. The summed E-state index contributed by atoms with van der Waals surface area (Å²) in [4.78, 5) is 59.6. The number of nitrogens with zero attached hydrogens (tertiary/aromatic N) is 12. The Morgan fingerprint density at radius 3 is 0.694 bits per heavy atom. The fourth-order valence-corrected chi connectivity index (χ4v) is 21.5. The van der Waals surface area contributed by atoms with Gasteiger partial charge in [-0.05, 0) is 160 Å². The maximum atomic E-state index is 5.08. The predicted molar refractivity (Wildman–Crippen MR) is 609 cm³/mol. The van der Waals surface area contributed by atoms with E-state index in [2.05, 4.69) is 382 Å². The second-order valence-corrected chi connectivity index (χ2v) is 38.9. The highest BCUT2D eigenvalue weighted by molar-refractivity contribution is 7.22. The molecular formula is C132H84N12S3.